The molecule has 11 nitrogen and oxygen atoms in total. The van der Waals surface area contributed by atoms with Crippen LogP contribution in [-0.2, 0) is 4.79 Å². The second-order valence-electron chi connectivity index (χ2n) is 3.84. The van der Waals surface area contributed by atoms with Crippen LogP contribution in [0.15, 0.2) is 18.2 Å². The molecule has 0 aliphatic carbocycles. The van der Waals surface area contributed by atoms with E-state index < -0.39 is 53.5 Å². The lowest BCUT2D eigenvalue weighted by Gasteiger charge is -2.06. The fourth-order valence-electron chi connectivity index (χ4n) is 1.32. The summed E-state index contributed by atoms with van der Waals surface area (Å²) in [6, 6.07) is 2.57. The monoisotopic (exact) mass is 321 g/mol. The van der Waals surface area contributed by atoms with Crippen LogP contribution in [-0.4, -0.2) is 43.1 Å². The average Bonchev–Trinajstić information content (AvgIpc) is 2.33. The number of nitro groups is 2. The minimum atomic E-state index is -4.30. The van der Waals surface area contributed by atoms with Crippen LogP contribution in [0.25, 0.3) is 0 Å². The first kappa shape index (κ1) is 16.9. The first-order chi connectivity index (χ1) is 9.60. The molecule has 12 heteroatoms. The summed E-state index contributed by atoms with van der Waals surface area (Å²) in [5.41, 5.74) is -1.23. The smallest absolute Gasteiger partial charge is 0.411 e. The Morgan fingerprint density at radius 3 is 2.29 bits per heavy atom. The topological polar surface area (TPSA) is 173 Å². The van der Waals surface area contributed by atoms with Crippen molar-refractivity contribution in [1.82, 2.24) is 0 Å². The van der Waals surface area contributed by atoms with Gasteiger partial charge in [-0.15, -0.1) is 0 Å². The molecule has 0 spiro atoms. The summed E-state index contributed by atoms with van der Waals surface area (Å²) >= 11 is 0. The molecule has 1 aromatic carbocycles. The molecule has 1 aromatic rings. The Balaban J connectivity index is 2.86. The molecular formula is C9H10N2O9P+. The second kappa shape index (κ2) is 6.50. The van der Waals surface area contributed by atoms with Crippen LogP contribution in [0.3, 0.4) is 0 Å². The SMILES string of the molecule is O=C(COc1ccc([N+](=O)[O-])cc1[N+](=O)[O-])C[P+](O)(O)O. The number of hydrogen-bond acceptors (Lipinski definition) is 9. The molecule has 0 heterocycles. The zero-order chi connectivity index (χ0) is 16.2. The highest BCUT2D eigenvalue weighted by Gasteiger charge is 2.34. The van der Waals surface area contributed by atoms with Crippen molar-refractivity contribution in [2.24, 2.45) is 0 Å². The Kier molecular flexibility index (Phi) is 5.22. The number of benzene rings is 1. The van der Waals surface area contributed by atoms with Gasteiger partial charge in [-0.2, -0.15) is 14.7 Å². The number of non-ortho nitro benzene ring substituents is 1. The van der Waals surface area contributed by atoms with Gasteiger partial charge < -0.3 is 4.74 Å². The number of rotatable bonds is 7. The molecule has 0 aromatic heterocycles. The third kappa shape index (κ3) is 5.36. The van der Waals surface area contributed by atoms with E-state index in [4.69, 9.17) is 19.4 Å². The van der Waals surface area contributed by atoms with Gasteiger partial charge in [0.05, 0.1) is 15.9 Å². The lowest BCUT2D eigenvalue weighted by atomic mass is 10.2. The lowest BCUT2D eigenvalue weighted by molar-refractivity contribution is -0.394. The number of hydrogen-bond donors (Lipinski definition) is 3. The summed E-state index contributed by atoms with van der Waals surface area (Å²) in [6.45, 7) is -0.762. The average molecular weight is 321 g/mol. The highest BCUT2D eigenvalue weighted by molar-refractivity contribution is 7.59. The maximum absolute atomic E-state index is 11.2. The standard InChI is InChI=1S/C9H10N2O9P/c12-7(5-21(17,18)19)4-20-9-2-1-6(10(13)14)3-8(9)11(15)16/h1-3,17-19H,4-5H2/q+1. The number of Topliss-reactive ketones (excluding diaryl/α,β-unsaturated/α-hetero) is 1. The highest BCUT2D eigenvalue weighted by atomic mass is 31.2. The molecule has 0 fully saturated rings. The largest absolute Gasteiger partial charge is 0.479 e. The minimum absolute atomic E-state index is 0.392. The fraction of sp³-hybridized carbons (Fsp3) is 0.222. The zero-order valence-corrected chi connectivity index (χ0v) is 11.2. The third-order valence-electron chi connectivity index (χ3n) is 2.13. The molecule has 0 amide bonds. The van der Waals surface area contributed by atoms with Crippen molar-refractivity contribution in [3.8, 4) is 5.75 Å². The van der Waals surface area contributed by atoms with Gasteiger partial charge in [-0.3, -0.25) is 25.0 Å². The Hall–Kier alpha value is -2.20. The first-order valence-corrected chi connectivity index (χ1v) is 7.07. The van der Waals surface area contributed by atoms with Gasteiger partial charge in [0.1, 0.15) is 0 Å². The van der Waals surface area contributed by atoms with Gasteiger partial charge in [-0.1, -0.05) is 0 Å². The molecule has 0 radical (unpaired) electrons. The summed E-state index contributed by atoms with van der Waals surface area (Å²) in [4.78, 5) is 56.8. The maximum atomic E-state index is 11.2. The molecule has 3 N–H and O–H groups in total. The van der Waals surface area contributed by atoms with E-state index in [2.05, 4.69) is 0 Å². The van der Waals surface area contributed by atoms with Crippen LogP contribution in [0.4, 0.5) is 11.4 Å². The molecule has 0 saturated carbocycles. The van der Waals surface area contributed by atoms with Crippen molar-refractivity contribution >= 4 is 25.1 Å². The lowest BCUT2D eigenvalue weighted by Crippen LogP contribution is -2.17. The summed E-state index contributed by atoms with van der Waals surface area (Å²) < 4.78 is 4.81. The van der Waals surface area contributed by atoms with Gasteiger partial charge in [-0.25, -0.2) is 0 Å². The van der Waals surface area contributed by atoms with Gasteiger partial charge in [0.25, 0.3) is 5.69 Å². The van der Waals surface area contributed by atoms with Crippen LogP contribution in [0.2, 0.25) is 0 Å². The Morgan fingerprint density at radius 1 is 1.19 bits per heavy atom. The number of ether oxygens (including phenoxy) is 1. The molecule has 0 bridgehead atoms. The molecule has 0 atom stereocenters. The van der Waals surface area contributed by atoms with Gasteiger partial charge in [0.2, 0.25) is 11.9 Å². The molecule has 0 aliphatic rings. The predicted octanol–water partition coefficient (Wildman–Crippen LogP) is 0.190. The van der Waals surface area contributed by atoms with Gasteiger partial charge in [0, 0.05) is 6.07 Å². The number of ketones is 1. The molecule has 0 aliphatic heterocycles. The van der Waals surface area contributed by atoms with E-state index in [1.165, 1.54) is 0 Å². The molecule has 0 saturated heterocycles. The van der Waals surface area contributed by atoms with Crippen molar-refractivity contribution < 1.29 is 34.1 Å². The zero-order valence-electron chi connectivity index (χ0n) is 10.3. The van der Waals surface area contributed by atoms with E-state index in [1.54, 1.807) is 0 Å². The number of carbonyl (C=O) groups excluding carboxylic acids is 1. The van der Waals surface area contributed by atoms with Gasteiger partial charge in [0.15, 0.2) is 12.4 Å². The van der Waals surface area contributed by atoms with E-state index >= 15 is 0 Å². The van der Waals surface area contributed by atoms with Crippen LogP contribution in [0.5, 0.6) is 5.75 Å². The van der Waals surface area contributed by atoms with E-state index in [-0.39, 0.29) is 0 Å². The van der Waals surface area contributed by atoms with E-state index in [0.717, 1.165) is 12.1 Å². The van der Waals surface area contributed by atoms with Crippen molar-refractivity contribution in [3.05, 3.63) is 38.4 Å². The highest BCUT2D eigenvalue weighted by Crippen LogP contribution is 2.44. The Morgan fingerprint density at radius 2 is 1.81 bits per heavy atom. The number of nitrogens with zero attached hydrogens (tertiary/aromatic N) is 2. The summed E-state index contributed by atoms with van der Waals surface area (Å²) in [6.07, 6.45) is -0.951. The minimum Gasteiger partial charge on any atom is -0.479 e. The number of nitro benzene ring substituents is 2. The first-order valence-electron chi connectivity index (χ1n) is 5.24. The molecule has 0 unspecified atom stereocenters. The fourth-order valence-corrected chi connectivity index (χ4v) is 1.89. The summed E-state index contributed by atoms with van der Waals surface area (Å²) in [5, 5.41) is 21.3. The van der Waals surface area contributed by atoms with Crippen LogP contribution < -0.4 is 4.74 Å². The summed E-state index contributed by atoms with van der Waals surface area (Å²) in [7, 11) is -4.30. The van der Waals surface area contributed by atoms with Crippen molar-refractivity contribution in [2.45, 2.75) is 0 Å². The quantitative estimate of drug-likeness (QED) is 0.359. The summed E-state index contributed by atoms with van der Waals surface area (Å²) in [5.74, 6) is -1.29. The van der Waals surface area contributed by atoms with Gasteiger partial charge in [-0.05, 0) is 6.07 Å². The molecular weight excluding hydrogens is 311 g/mol. The van der Waals surface area contributed by atoms with Gasteiger partial charge >= 0.3 is 13.6 Å². The van der Waals surface area contributed by atoms with Crippen molar-refractivity contribution in [1.29, 1.82) is 0 Å². The van der Waals surface area contributed by atoms with Crippen LogP contribution in [0.1, 0.15) is 0 Å². The Labute approximate surface area is 117 Å². The second-order valence-corrected chi connectivity index (χ2v) is 5.55. The normalized spacial score (nSPS) is 11.0. The van der Waals surface area contributed by atoms with Crippen molar-refractivity contribution in [3.63, 3.8) is 0 Å². The van der Waals surface area contributed by atoms with E-state index in [9.17, 15) is 25.0 Å². The van der Waals surface area contributed by atoms with Crippen LogP contribution in [0, 0.1) is 20.2 Å². The molecule has 114 valence electrons. The Bertz CT molecular complexity index is 583. The molecule has 21 heavy (non-hydrogen) atoms. The third-order valence-corrected chi connectivity index (χ3v) is 2.90. The van der Waals surface area contributed by atoms with E-state index in [0.29, 0.717) is 6.07 Å². The van der Waals surface area contributed by atoms with Crippen LogP contribution >= 0.6 is 7.94 Å². The molecule has 1 rings (SSSR count). The van der Waals surface area contributed by atoms with Crippen molar-refractivity contribution in [2.75, 3.05) is 12.8 Å². The predicted molar refractivity (Wildman–Crippen MR) is 68.7 cm³/mol. The van der Waals surface area contributed by atoms with E-state index in [1.807, 2.05) is 0 Å². The number of carbonyl (C=O) groups is 1. The maximum Gasteiger partial charge on any atom is 0.411 e.